The van der Waals surface area contributed by atoms with Crippen LogP contribution in [0.1, 0.15) is 50.9 Å². The van der Waals surface area contributed by atoms with Gasteiger partial charge in [-0.15, -0.1) is 12.3 Å². The predicted octanol–water partition coefficient (Wildman–Crippen LogP) is 5.79. The third-order valence-corrected chi connectivity index (χ3v) is 5.42. The van der Waals surface area contributed by atoms with Gasteiger partial charge in [-0.1, -0.05) is 51.6 Å². The first-order valence-electron chi connectivity index (χ1n) is 9.29. The van der Waals surface area contributed by atoms with Crippen LogP contribution in [0.2, 0.25) is 0 Å². The van der Waals surface area contributed by atoms with Gasteiger partial charge in [0.15, 0.2) is 0 Å². The molecule has 2 heterocycles. The molecule has 2 nitrogen and oxygen atoms in total. The minimum atomic E-state index is 0.128. The van der Waals surface area contributed by atoms with Gasteiger partial charge in [0.1, 0.15) is 0 Å². The van der Waals surface area contributed by atoms with E-state index in [2.05, 4.69) is 73.8 Å². The van der Waals surface area contributed by atoms with E-state index in [1.165, 1.54) is 27.7 Å². The second-order valence-electron chi connectivity index (χ2n) is 8.06. The molecule has 2 heteroatoms. The molecule has 0 spiro atoms. The van der Waals surface area contributed by atoms with E-state index >= 15 is 0 Å². The van der Waals surface area contributed by atoms with Gasteiger partial charge < -0.3 is 4.98 Å². The number of H-pyrrole nitrogens is 1. The number of benzene rings is 1. The summed E-state index contributed by atoms with van der Waals surface area (Å²) in [5, 5.41) is 1.39. The Morgan fingerprint density at radius 1 is 1.36 bits per heavy atom. The van der Waals surface area contributed by atoms with Crippen LogP contribution >= 0.6 is 0 Å². The highest BCUT2D eigenvalue weighted by Gasteiger charge is 2.30. The fourth-order valence-electron chi connectivity index (χ4n) is 4.09. The summed E-state index contributed by atoms with van der Waals surface area (Å²) in [4.78, 5) is 6.26. The highest BCUT2D eigenvalue weighted by Crippen LogP contribution is 2.39. The predicted molar refractivity (Wildman–Crippen MR) is 108 cm³/mol. The van der Waals surface area contributed by atoms with E-state index in [0.29, 0.717) is 6.04 Å². The van der Waals surface area contributed by atoms with Gasteiger partial charge in [-0.25, -0.2) is 0 Å². The average molecular weight is 335 g/mol. The van der Waals surface area contributed by atoms with Gasteiger partial charge in [0, 0.05) is 29.7 Å². The number of aromatic nitrogens is 1. The molecule has 0 unspecified atom stereocenters. The first-order chi connectivity index (χ1) is 12.0. The molecule has 2 aromatic rings. The summed E-state index contributed by atoms with van der Waals surface area (Å²) in [6, 6.07) is 9.08. The molecule has 1 N–H and O–H groups in total. The lowest BCUT2D eigenvalue weighted by Crippen LogP contribution is -2.35. The molecule has 25 heavy (non-hydrogen) atoms. The molecule has 0 bridgehead atoms. The van der Waals surface area contributed by atoms with Crippen LogP contribution in [0.25, 0.3) is 10.9 Å². The van der Waals surface area contributed by atoms with Crippen molar-refractivity contribution in [3.63, 3.8) is 0 Å². The molecule has 1 aliphatic heterocycles. The standard InChI is InChI=1S/C23H30N2/c1-6-15-25-16-14-19-18-10-8-9-11-20(18)24-22(19)21(25)13-12-17(7-2)23(3,4)5/h6,8-11,21,24H,1-2,12-16H2,3-5H3/t21-/m0/s1. The number of allylic oxidation sites excluding steroid dienone is 1. The summed E-state index contributed by atoms with van der Waals surface area (Å²) in [5.74, 6) is 0. The molecule has 3 rings (SSSR count). The van der Waals surface area contributed by atoms with Crippen LogP contribution in [-0.2, 0) is 6.42 Å². The lowest BCUT2D eigenvalue weighted by molar-refractivity contribution is 0.191. The lowest BCUT2D eigenvalue weighted by Gasteiger charge is -2.36. The SMILES string of the molecule is C=C=C(CC[C@H]1c2[nH]c3ccccc3c2CCN1CC=C)C(C)(C)C. The van der Waals surface area contributed by atoms with E-state index < -0.39 is 0 Å². The van der Waals surface area contributed by atoms with Crippen LogP contribution in [0.4, 0.5) is 0 Å². The Balaban J connectivity index is 1.94. The maximum absolute atomic E-state index is 3.96. The molecule has 1 aliphatic rings. The molecule has 0 saturated carbocycles. The summed E-state index contributed by atoms with van der Waals surface area (Å²) in [5.41, 5.74) is 8.79. The van der Waals surface area contributed by atoms with Gasteiger partial charge in [0.25, 0.3) is 0 Å². The zero-order chi connectivity index (χ0) is 18.0. The highest BCUT2D eigenvalue weighted by atomic mass is 15.2. The van der Waals surface area contributed by atoms with E-state index in [1.807, 2.05) is 6.08 Å². The van der Waals surface area contributed by atoms with E-state index in [-0.39, 0.29) is 5.41 Å². The number of fused-ring (bicyclic) bond motifs is 3. The second-order valence-corrected chi connectivity index (χ2v) is 8.06. The number of para-hydroxylation sites is 1. The summed E-state index contributed by atoms with van der Waals surface area (Å²) >= 11 is 0. The monoisotopic (exact) mass is 334 g/mol. The number of aromatic amines is 1. The Bertz CT molecular complexity index is 812. The van der Waals surface area contributed by atoms with Crippen molar-refractivity contribution in [2.45, 2.75) is 46.1 Å². The van der Waals surface area contributed by atoms with Crippen molar-refractivity contribution in [1.82, 2.24) is 9.88 Å². The molecular formula is C23H30N2. The quantitative estimate of drug-likeness (QED) is 0.541. The van der Waals surface area contributed by atoms with Gasteiger partial charge in [-0.3, -0.25) is 4.90 Å². The lowest BCUT2D eigenvalue weighted by atomic mass is 9.82. The Labute approximate surface area is 151 Å². The first kappa shape index (κ1) is 17.8. The van der Waals surface area contributed by atoms with Crippen molar-refractivity contribution in [2.24, 2.45) is 5.41 Å². The fraction of sp³-hybridized carbons (Fsp3) is 0.435. The Morgan fingerprint density at radius 3 is 2.80 bits per heavy atom. The number of hydrogen-bond acceptors (Lipinski definition) is 1. The molecule has 1 aromatic carbocycles. The molecule has 0 fully saturated rings. The third kappa shape index (κ3) is 3.51. The zero-order valence-electron chi connectivity index (χ0n) is 15.9. The largest absolute Gasteiger partial charge is 0.357 e. The minimum Gasteiger partial charge on any atom is -0.357 e. The molecule has 132 valence electrons. The van der Waals surface area contributed by atoms with E-state index in [9.17, 15) is 0 Å². The Morgan fingerprint density at radius 2 is 2.12 bits per heavy atom. The van der Waals surface area contributed by atoms with Gasteiger partial charge in [0.05, 0.1) is 6.04 Å². The normalized spacial score (nSPS) is 18.0. The highest BCUT2D eigenvalue weighted by molar-refractivity contribution is 5.85. The van der Waals surface area contributed by atoms with Gasteiger partial charge in [-0.05, 0) is 41.9 Å². The number of rotatable bonds is 5. The molecule has 0 amide bonds. The molecule has 0 aliphatic carbocycles. The van der Waals surface area contributed by atoms with E-state index in [0.717, 1.165) is 32.4 Å². The van der Waals surface area contributed by atoms with Crippen LogP contribution < -0.4 is 0 Å². The number of nitrogens with one attached hydrogen (secondary N) is 1. The number of nitrogens with zero attached hydrogens (tertiary/aromatic N) is 1. The van der Waals surface area contributed by atoms with Gasteiger partial charge in [-0.2, -0.15) is 0 Å². The van der Waals surface area contributed by atoms with Crippen molar-refractivity contribution in [1.29, 1.82) is 0 Å². The van der Waals surface area contributed by atoms with Crippen LogP contribution in [0.15, 0.2) is 54.8 Å². The zero-order valence-corrected chi connectivity index (χ0v) is 15.9. The molecular weight excluding hydrogens is 304 g/mol. The van der Waals surface area contributed by atoms with Crippen molar-refractivity contribution in [3.05, 3.63) is 66.1 Å². The minimum absolute atomic E-state index is 0.128. The van der Waals surface area contributed by atoms with Crippen LogP contribution in [-0.4, -0.2) is 23.0 Å². The summed E-state index contributed by atoms with van der Waals surface area (Å²) in [6.07, 6.45) is 5.24. The van der Waals surface area contributed by atoms with Gasteiger partial charge in [0.2, 0.25) is 0 Å². The Kier molecular flexibility index (Phi) is 5.03. The fourth-order valence-corrected chi connectivity index (χ4v) is 4.09. The van der Waals surface area contributed by atoms with Crippen molar-refractivity contribution in [3.8, 4) is 0 Å². The smallest absolute Gasteiger partial charge is 0.0508 e. The molecule has 1 atom stereocenters. The van der Waals surface area contributed by atoms with Crippen LogP contribution in [0.5, 0.6) is 0 Å². The number of hydrogen-bond donors (Lipinski definition) is 1. The van der Waals surface area contributed by atoms with Crippen molar-refractivity contribution in [2.75, 3.05) is 13.1 Å². The third-order valence-electron chi connectivity index (χ3n) is 5.42. The van der Waals surface area contributed by atoms with Crippen LogP contribution in [0, 0.1) is 5.41 Å². The average Bonchev–Trinajstić information content (AvgIpc) is 2.94. The van der Waals surface area contributed by atoms with Crippen molar-refractivity contribution >= 4 is 10.9 Å². The summed E-state index contributed by atoms with van der Waals surface area (Å²) in [6.45, 7) is 16.7. The van der Waals surface area contributed by atoms with E-state index in [4.69, 9.17) is 0 Å². The van der Waals surface area contributed by atoms with E-state index in [1.54, 1.807) is 0 Å². The maximum Gasteiger partial charge on any atom is 0.0508 e. The summed E-state index contributed by atoms with van der Waals surface area (Å²) < 4.78 is 0. The van der Waals surface area contributed by atoms with Crippen LogP contribution in [0.3, 0.4) is 0 Å². The maximum atomic E-state index is 3.96. The molecule has 1 aromatic heterocycles. The topological polar surface area (TPSA) is 19.0 Å². The molecule has 0 radical (unpaired) electrons. The van der Waals surface area contributed by atoms with Crippen molar-refractivity contribution < 1.29 is 0 Å². The first-order valence-corrected chi connectivity index (χ1v) is 9.29. The van der Waals surface area contributed by atoms with Gasteiger partial charge >= 0.3 is 0 Å². The molecule has 0 saturated heterocycles. The Hall–Kier alpha value is -2.02. The second kappa shape index (κ2) is 7.07. The summed E-state index contributed by atoms with van der Waals surface area (Å²) in [7, 11) is 0.